The van der Waals surface area contributed by atoms with Gasteiger partial charge in [-0.25, -0.2) is 0 Å². The highest BCUT2D eigenvalue weighted by molar-refractivity contribution is 9.10. The summed E-state index contributed by atoms with van der Waals surface area (Å²) in [6.07, 6.45) is 0.640. The van der Waals surface area contributed by atoms with Crippen LogP contribution in [0.2, 0.25) is 0 Å². The van der Waals surface area contributed by atoms with Crippen molar-refractivity contribution >= 4 is 38.3 Å². The number of carbonyl (C=O) groups is 1. The molecule has 1 amide bonds. The van der Waals surface area contributed by atoms with Gasteiger partial charge >= 0.3 is 0 Å². The van der Waals surface area contributed by atoms with E-state index in [9.17, 15) is 4.79 Å². The highest BCUT2D eigenvalue weighted by Crippen LogP contribution is 2.18. The number of rotatable bonds is 6. The number of halogens is 1. The van der Waals surface area contributed by atoms with Crippen LogP contribution in [0.3, 0.4) is 0 Å². The predicted octanol–water partition coefficient (Wildman–Crippen LogP) is 4.17. The molecular weight excluding hydrogens is 390 g/mol. The largest absolute Gasteiger partial charge is 0.493 e. The van der Waals surface area contributed by atoms with Crippen molar-refractivity contribution in [3.8, 4) is 5.75 Å². The fourth-order valence-electron chi connectivity index (χ4n) is 1.95. The van der Waals surface area contributed by atoms with E-state index in [1.807, 2.05) is 42.5 Å². The van der Waals surface area contributed by atoms with Crippen molar-refractivity contribution < 1.29 is 9.53 Å². The first-order valence-corrected chi connectivity index (χ1v) is 8.89. The molecule has 122 valence electrons. The molecule has 0 unspecified atom stereocenters. The van der Waals surface area contributed by atoms with E-state index in [0.717, 1.165) is 15.2 Å². The molecule has 0 atom stereocenters. The van der Waals surface area contributed by atoms with E-state index in [1.54, 1.807) is 12.1 Å². The number of aromatic nitrogens is 2. The van der Waals surface area contributed by atoms with Crippen molar-refractivity contribution in [3.63, 3.8) is 0 Å². The molecule has 0 aliphatic carbocycles. The van der Waals surface area contributed by atoms with E-state index in [2.05, 4.69) is 31.4 Å². The third-order valence-corrected chi connectivity index (χ3v) is 4.55. The monoisotopic (exact) mass is 403 g/mol. The second kappa shape index (κ2) is 8.03. The fourth-order valence-corrected chi connectivity index (χ4v) is 2.93. The molecule has 7 heteroatoms. The molecule has 2 aromatic carbocycles. The Morgan fingerprint density at radius 1 is 1.08 bits per heavy atom. The first kappa shape index (κ1) is 16.6. The van der Waals surface area contributed by atoms with Gasteiger partial charge < -0.3 is 4.74 Å². The number of hydrogen-bond donors (Lipinski definition) is 1. The minimum absolute atomic E-state index is 0.203. The van der Waals surface area contributed by atoms with Crippen LogP contribution in [-0.4, -0.2) is 22.7 Å². The topological polar surface area (TPSA) is 64.1 Å². The lowest BCUT2D eigenvalue weighted by Gasteiger charge is -2.03. The molecule has 1 N–H and O–H groups in total. The molecule has 0 aliphatic rings. The molecule has 0 saturated heterocycles. The number of amides is 1. The second-order valence-electron chi connectivity index (χ2n) is 4.87. The molecule has 3 rings (SSSR count). The van der Waals surface area contributed by atoms with Gasteiger partial charge in [0.2, 0.25) is 5.13 Å². The molecule has 1 aromatic heterocycles. The Morgan fingerprint density at radius 2 is 1.83 bits per heavy atom. The zero-order valence-electron chi connectivity index (χ0n) is 12.6. The van der Waals surface area contributed by atoms with Crippen LogP contribution in [0.15, 0.2) is 59.1 Å². The number of nitrogens with zero attached hydrogens (tertiary/aromatic N) is 2. The van der Waals surface area contributed by atoms with Crippen LogP contribution in [0, 0.1) is 0 Å². The van der Waals surface area contributed by atoms with Crippen LogP contribution in [0.5, 0.6) is 5.75 Å². The van der Waals surface area contributed by atoms with Crippen LogP contribution in [0.1, 0.15) is 15.4 Å². The minimum Gasteiger partial charge on any atom is -0.493 e. The Balaban J connectivity index is 1.51. The summed E-state index contributed by atoms with van der Waals surface area (Å²) in [5.41, 5.74) is 0.572. The minimum atomic E-state index is -0.203. The molecule has 0 bridgehead atoms. The van der Waals surface area contributed by atoms with E-state index < -0.39 is 0 Å². The van der Waals surface area contributed by atoms with E-state index in [-0.39, 0.29) is 5.91 Å². The average molecular weight is 404 g/mol. The van der Waals surface area contributed by atoms with E-state index in [1.165, 1.54) is 11.3 Å². The van der Waals surface area contributed by atoms with Crippen LogP contribution in [0.4, 0.5) is 5.13 Å². The molecular formula is C17H14BrN3O2S. The number of benzene rings is 2. The predicted molar refractivity (Wildman–Crippen MR) is 97.6 cm³/mol. The van der Waals surface area contributed by atoms with Gasteiger partial charge in [-0.1, -0.05) is 45.5 Å². The van der Waals surface area contributed by atoms with Crippen molar-refractivity contribution in [3.05, 3.63) is 69.6 Å². The average Bonchev–Trinajstić information content (AvgIpc) is 3.04. The quantitative estimate of drug-likeness (QED) is 0.670. The summed E-state index contributed by atoms with van der Waals surface area (Å²) < 4.78 is 6.55. The Morgan fingerprint density at radius 3 is 2.58 bits per heavy atom. The van der Waals surface area contributed by atoms with Crippen LogP contribution in [0.25, 0.3) is 0 Å². The van der Waals surface area contributed by atoms with Gasteiger partial charge in [0.05, 0.1) is 6.61 Å². The molecule has 3 aromatic rings. The van der Waals surface area contributed by atoms with Gasteiger partial charge in [-0.15, -0.1) is 10.2 Å². The Bertz CT molecular complexity index is 806. The van der Waals surface area contributed by atoms with Gasteiger partial charge in [0.1, 0.15) is 10.8 Å². The van der Waals surface area contributed by atoms with Crippen LogP contribution < -0.4 is 10.1 Å². The lowest BCUT2D eigenvalue weighted by Crippen LogP contribution is -2.11. The normalized spacial score (nSPS) is 10.4. The maximum absolute atomic E-state index is 12.1. The number of para-hydroxylation sites is 1. The van der Waals surface area contributed by atoms with E-state index in [0.29, 0.717) is 23.7 Å². The van der Waals surface area contributed by atoms with Crippen molar-refractivity contribution in [2.75, 3.05) is 11.9 Å². The molecule has 0 spiro atoms. The summed E-state index contributed by atoms with van der Waals surface area (Å²) in [5, 5.41) is 12.1. The number of nitrogens with one attached hydrogen (secondary N) is 1. The lowest BCUT2D eigenvalue weighted by atomic mass is 10.2. The summed E-state index contributed by atoms with van der Waals surface area (Å²) in [5.74, 6) is 0.622. The molecule has 0 aliphatic heterocycles. The Kier molecular flexibility index (Phi) is 5.55. The summed E-state index contributed by atoms with van der Waals surface area (Å²) in [6, 6.07) is 16.7. The van der Waals surface area contributed by atoms with E-state index >= 15 is 0 Å². The summed E-state index contributed by atoms with van der Waals surface area (Å²) in [7, 11) is 0. The van der Waals surface area contributed by atoms with Crippen molar-refractivity contribution in [1.82, 2.24) is 10.2 Å². The maximum atomic E-state index is 12.1. The van der Waals surface area contributed by atoms with Gasteiger partial charge in [-0.05, 0) is 36.4 Å². The molecule has 0 radical (unpaired) electrons. The Hall–Kier alpha value is -2.25. The lowest BCUT2D eigenvalue weighted by molar-refractivity contribution is 0.102. The fraction of sp³-hybridized carbons (Fsp3) is 0.118. The highest BCUT2D eigenvalue weighted by atomic mass is 79.9. The Labute approximate surface area is 151 Å². The molecule has 24 heavy (non-hydrogen) atoms. The van der Waals surface area contributed by atoms with Gasteiger partial charge in [-0.2, -0.15) is 0 Å². The standard InChI is InChI=1S/C17H14BrN3O2S/c18-13-8-6-12(7-9-13)16(22)19-17-21-20-15(24-17)10-11-23-14-4-2-1-3-5-14/h1-9H,10-11H2,(H,19,21,22). The highest BCUT2D eigenvalue weighted by Gasteiger charge is 2.10. The molecule has 0 saturated carbocycles. The maximum Gasteiger partial charge on any atom is 0.257 e. The zero-order chi connectivity index (χ0) is 16.8. The van der Waals surface area contributed by atoms with Crippen LogP contribution in [-0.2, 0) is 6.42 Å². The number of carbonyl (C=O) groups excluding carboxylic acids is 1. The summed E-state index contributed by atoms with van der Waals surface area (Å²) >= 11 is 4.69. The molecule has 0 fully saturated rings. The first-order chi connectivity index (χ1) is 11.7. The SMILES string of the molecule is O=C(Nc1nnc(CCOc2ccccc2)s1)c1ccc(Br)cc1. The first-order valence-electron chi connectivity index (χ1n) is 7.28. The van der Waals surface area contributed by atoms with E-state index in [4.69, 9.17) is 4.74 Å². The second-order valence-corrected chi connectivity index (χ2v) is 6.85. The van der Waals surface area contributed by atoms with Gasteiger partial charge in [-0.3, -0.25) is 10.1 Å². The third-order valence-electron chi connectivity index (χ3n) is 3.12. The molecule has 1 heterocycles. The third kappa shape index (κ3) is 4.62. The van der Waals surface area contributed by atoms with Gasteiger partial charge in [0.25, 0.3) is 5.91 Å². The molecule has 5 nitrogen and oxygen atoms in total. The number of anilines is 1. The smallest absolute Gasteiger partial charge is 0.257 e. The summed E-state index contributed by atoms with van der Waals surface area (Å²) in [6.45, 7) is 0.513. The van der Waals surface area contributed by atoms with Crippen LogP contribution >= 0.6 is 27.3 Å². The number of ether oxygens (including phenoxy) is 1. The van der Waals surface area contributed by atoms with Crippen molar-refractivity contribution in [1.29, 1.82) is 0 Å². The summed E-state index contributed by atoms with van der Waals surface area (Å²) in [4.78, 5) is 12.1. The van der Waals surface area contributed by atoms with Gasteiger partial charge in [0, 0.05) is 16.5 Å². The van der Waals surface area contributed by atoms with Crippen molar-refractivity contribution in [2.45, 2.75) is 6.42 Å². The van der Waals surface area contributed by atoms with Gasteiger partial charge in [0.15, 0.2) is 0 Å². The van der Waals surface area contributed by atoms with Crippen molar-refractivity contribution in [2.24, 2.45) is 0 Å². The zero-order valence-corrected chi connectivity index (χ0v) is 15.0. The number of hydrogen-bond acceptors (Lipinski definition) is 5.